The van der Waals surface area contributed by atoms with E-state index in [9.17, 15) is 13.2 Å². The lowest BCUT2D eigenvalue weighted by Gasteiger charge is -2.20. The highest BCUT2D eigenvalue weighted by Crippen LogP contribution is 2.32. The molecule has 1 N–H and O–H groups in total. The lowest BCUT2D eigenvalue weighted by atomic mass is 10.1. The molecule has 0 unspecified atom stereocenters. The lowest BCUT2D eigenvalue weighted by Crippen LogP contribution is -2.29. The van der Waals surface area contributed by atoms with Crippen LogP contribution >= 0.6 is 23.2 Å². The number of nitrogens with zero attached hydrogens (tertiary/aromatic N) is 2. The van der Waals surface area contributed by atoms with Crippen molar-refractivity contribution in [1.82, 2.24) is 14.6 Å². The Balaban J connectivity index is 1.90. The van der Waals surface area contributed by atoms with Crippen LogP contribution in [-0.4, -0.2) is 44.4 Å². The Morgan fingerprint density at radius 2 is 1.93 bits per heavy atom. The molecule has 1 fully saturated rings. The number of amides is 1. The maximum Gasteiger partial charge on any atom is 0.255 e. The second-order valence-electron chi connectivity index (χ2n) is 7.37. The van der Waals surface area contributed by atoms with E-state index in [1.165, 1.54) is 17.0 Å². The summed E-state index contributed by atoms with van der Waals surface area (Å²) < 4.78 is 33.2. The van der Waals surface area contributed by atoms with Gasteiger partial charge in [0, 0.05) is 30.4 Å². The van der Waals surface area contributed by atoms with E-state index in [1.54, 1.807) is 20.4 Å². The smallest absolute Gasteiger partial charge is 0.255 e. The topological polar surface area (TPSA) is 88.6 Å². The number of ether oxygens (including phenoxy) is 1. The van der Waals surface area contributed by atoms with Crippen LogP contribution in [-0.2, 0) is 16.6 Å². The number of pyridine rings is 1. The number of aromatic nitrogens is 1. The first-order chi connectivity index (χ1) is 14.0. The quantitative estimate of drug-likeness (QED) is 0.664. The summed E-state index contributed by atoms with van der Waals surface area (Å²) in [5.41, 5.74) is 2.45. The fourth-order valence-corrected chi connectivity index (χ4v) is 5.27. The van der Waals surface area contributed by atoms with Crippen molar-refractivity contribution in [2.75, 3.05) is 14.2 Å². The van der Waals surface area contributed by atoms with Gasteiger partial charge in [-0.3, -0.25) is 9.78 Å². The summed E-state index contributed by atoms with van der Waals surface area (Å²) >= 11 is 12.3. The largest absolute Gasteiger partial charge is 0.496 e. The molecule has 1 aliphatic carbocycles. The molecule has 0 saturated heterocycles. The highest BCUT2D eigenvalue weighted by molar-refractivity contribution is 7.89. The first-order valence-electron chi connectivity index (χ1n) is 9.31. The number of halogens is 2. The van der Waals surface area contributed by atoms with Gasteiger partial charge in [0.1, 0.15) is 10.6 Å². The number of carbonyl (C=O) groups excluding carboxylic acids is 1. The summed E-state index contributed by atoms with van der Waals surface area (Å²) in [6, 6.07) is 2.42. The number of nitrogens with one attached hydrogen (secondary N) is 1. The summed E-state index contributed by atoms with van der Waals surface area (Å²) in [5, 5.41) is 0.0431. The van der Waals surface area contributed by atoms with Crippen LogP contribution in [0.25, 0.3) is 0 Å². The van der Waals surface area contributed by atoms with Crippen molar-refractivity contribution in [3.8, 4) is 5.75 Å². The number of rotatable bonds is 7. The zero-order valence-electron chi connectivity index (χ0n) is 17.1. The third-order valence-corrected chi connectivity index (χ3v) is 7.22. The molecule has 1 aromatic heterocycles. The summed E-state index contributed by atoms with van der Waals surface area (Å²) in [4.78, 5) is 18.7. The van der Waals surface area contributed by atoms with Gasteiger partial charge >= 0.3 is 0 Å². The SMILES string of the molecule is COc1c(C)cnc(CN(C)C(=O)c2cc(S(=O)(=O)NC3CC3)c(Cl)cc2Cl)c1C. The van der Waals surface area contributed by atoms with Crippen molar-refractivity contribution < 1.29 is 17.9 Å². The van der Waals surface area contributed by atoms with E-state index < -0.39 is 15.9 Å². The highest BCUT2D eigenvalue weighted by Gasteiger charge is 2.31. The monoisotopic (exact) mass is 471 g/mol. The van der Waals surface area contributed by atoms with E-state index >= 15 is 0 Å². The van der Waals surface area contributed by atoms with Crippen molar-refractivity contribution in [3.63, 3.8) is 0 Å². The summed E-state index contributed by atoms with van der Waals surface area (Å²) in [7, 11) is -0.669. The molecule has 1 saturated carbocycles. The summed E-state index contributed by atoms with van der Waals surface area (Å²) in [6.45, 7) is 3.96. The Kier molecular flexibility index (Phi) is 6.62. The molecule has 0 spiro atoms. The number of methoxy groups -OCH3 is 1. The first-order valence-corrected chi connectivity index (χ1v) is 11.5. The summed E-state index contributed by atoms with van der Waals surface area (Å²) in [5.74, 6) is 0.269. The minimum absolute atomic E-state index is 0.0341. The molecule has 0 aliphatic heterocycles. The van der Waals surface area contributed by atoms with Crippen LogP contribution in [0.2, 0.25) is 10.0 Å². The molecule has 30 heavy (non-hydrogen) atoms. The average molecular weight is 472 g/mol. The van der Waals surface area contributed by atoms with E-state index in [0.717, 1.165) is 24.0 Å². The Hall–Kier alpha value is -1.87. The van der Waals surface area contributed by atoms with E-state index in [0.29, 0.717) is 11.4 Å². The van der Waals surface area contributed by atoms with Gasteiger partial charge < -0.3 is 9.64 Å². The molecule has 7 nitrogen and oxygen atoms in total. The molecule has 1 amide bonds. The highest BCUT2D eigenvalue weighted by atomic mass is 35.5. The number of hydrogen-bond donors (Lipinski definition) is 1. The van der Waals surface area contributed by atoms with E-state index in [-0.39, 0.29) is 33.1 Å². The first kappa shape index (κ1) is 22.8. The van der Waals surface area contributed by atoms with Gasteiger partial charge in [0.2, 0.25) is 10.0 Å². The molecule has 1 aliphatic rings. The van der Waals surface area contributed by atoms with Gasteiger partial charge in [-0.25, -0.2) is 13.1 Å². The number of carbonyl (C=O) groups is 1. The molecule has 2 aromatic rings. The van der Waals surface area contributed by atoms with Crippen molar-refractivity contribution in [2.45, 2.75) is 44.2 Å². The number of aryl methyl sites for hydroxylation is 1. The molecule has 3 rings (SSSR count). The molecule has 0 radical (unpaired) electrons. The predicted octanol–water partition coefficient (Wildman–Crippen LogP) is 3.73. The van der Waals surface area contributed by atoms with Crippen molar-refractivity contribution >= 4 is 39.1 Å². The van der Waals surface area contributed by atoms with Crippen LogP contribution in [0.4, 0.5) is 0 Å². The van der Waals surface area contributed by atoms with Crippen LogP contribution < -0.4 is 9.46 Å². The second-order valence-corrected chi connectivity index (χ2v) is 9.86. The van der Waals surface area contributed by atoms with E-state index in [1.807, 2.05) is 13.8 Å². The maximum absolute atomic E-state index is 13.1. The second kappa shape index (κ2) is 8.70. The molecular formula is C20H23Cl2N3O4S. The van der Waals surface area contributed by atoms with Gasteiger partial charge in [-0.05, 0) is 38.8 Å². The zero-order chi connectivity index (χ0) is 22.2. The van der Waals surface area contributed by atoms with Gasteiger partial charge in [0.05, 0.1) is 35.0 Å². The van der Waals surface area contributed by atoms with Crippen LogP contribution in [0, 0.1) is 13.8 Å². The van der Waals surface area contributed by atoms with Crippen molar-refractivity contribution in [2.24, 2.45) is 0 Å². The van der Waals surface area contributed by atoms with Gasteiger partial charge in [0.25, 0.3) is 5.91 Å². The minimum Gasteiger partial charge on any atom is -0.496 e. The molecule has 1 heterocycles. The Bertz CT molecular complexity index is 1100. The lowest BCUT2D eigenvalue weighted by molar-refractivity contribution is 0.0783. The van der Waals surface area contributed by atoms with Gasteiger partial charge in [-0.2, -0.15) is 0 Å². The van der Waals surface area contributed by atoms with Crippen LogP contribution in [0.3, 0.4) is 0 Å². The zero-order valence-corrected chi connectivity index (χ0v) is 19.5. The molecule has 10 heteroatoms. The van der Waals surface area contributed by atoms with Crippen molar-refractivity contribution in [1.29, 1.82) is 0 Å². The predicted molar refractivity (Wildman–Crippen MR) is 116 cm³/mol. The molecule has 1 aromatic carbocycles. The number of sulfonamides is 1. The van der Waals surface area contributed by atoms with Crippen molar-refractivity contribution in [3.05, 3.63) is 50.8 Å². The van der Waals surface area contributed by atoms with Crippen LogP contribution in [0.1, 0.15) is 40.0 Å². The third kappa shape index (κ3) is 4.72. The molecule has 0 atom stereocenters. The van der Waals surface area contributed by atoms with Crippen LogP contribution in [0.15, 0.2) is 23.2 Å². The fraction of sp³-hybridized carbons (Fsp3) is 0.400. The molecular weight excluding hydrogens is 449 g/mol. The normalized spacial score (nSPS) is 13.9. The van der Waals surface area contributed by atoms with Gasteiger partial charge in [-0.15, -0.1) is 0 Å². The molecule has 162 valence electrons. The minimum atomic E-state index is -3.85. The number of benzene rings is 1. The van der Waals surface area contributed by atoms with Crippen LogP contribution in [0.5, 0.6) is 5.75 Å². The van der Waals surface area contributed by atoms with Gasteiger partial charge in [-0.1, -0.05) is 23.2 Å². The summed E-state index contributed by atoms with van der Waals surface area (Å²) in [6.07, 6.45) is 3.25. The Morgan fingerprint density at radius 3 is 2.53 bits per heavy atom. The third-order valence-electron chi connectivity index (χ3n) is 4.92. The average Bonchev–Trinajstić information content (AvgIpc) is 3.47. The van der Waals surface area contributed by atoms with Gasteiger partial charge in [0.15, 0.2) is 0 Å². The number of hydrogen-bond acceptors (Lipinski definition) is 5. The standard InChI is InChI=1S/C20H23Cl2N3O4S/c1-11-9-23-17(12(2)19(11)29-4)10-25(3)20(26)14-7-18(16(22)8-15(14)21)30(27,28)24-13-5-6-13/h7-9,13,24H,5-6,10H2,1-4H3. The van der Waals surface area contributed by atoms with E-state index in [2.05, 4.69) is 9.71 Å². The fourth-order valence-electron chi connectivity index (χ4n) is 3.12. The Morgan fingerprint density at radius 1 is 1.27 bits per heavy atom. The maximum atomic E-state index is 13.1. The Labute approximate surface area is 186 Å². The van der Waals surface area contributed by atoms with E-state index in [4.69, 9.17) is 27.9 Å². The molecule has 0 bridgehead atoms.